The van der Waals surface area contributed by atoms with Gasteiger partial charge >= 0.3 is 5.97 Å². The number of benzene rings is 5. The maximum Gasteiger partial charge on any atom is 0.303 e. The molecule has 2 fully saturated rings. The molecule has 0 bridgehead atoms. The third-order valence-electron chi connectivity index (χ3n) is 22.4. The van der Waals surface area contributed by atoms with Gasteiger partial charge < -0.3 is 115 Å². The number of hydrogen-bond acceptors (Lipinski definition) is 24. The molecule has 1 aromatic heterocycles. The van der Waals surface area contributed by atoms with Crippen molar-refractivity contribution in [3.63, 3.8) is 0 Å². The number of aromatic nitrogens is 1. The number of para-hydroxylation sites is 1. The van der Waals surface area contributed by atoms with Crippen LogP contribution in [0.25, 0.3) is 21.7 Å². The van der Waals surface area contributed by atoms with Gasteiger partial charge in [-0.15, -0.1) is 0 Å². The number of aliphatic carboxylic acids is 1. The number of nitrogens with two attached hydrogens (primary N) is 2. The number of fused-ring (bicyclic) bond motifs is 2. The highest BCUT2D eigenvalue weighted by molar-refractivity contribution is 8.77. The molecule has 2 saturated heterocycles. The topological polar surface area (TPSA) is 580 Å². The Morgan fingerprint density at radius 2 is 1.23 bits per heavy atom. The number of ketones is 1. The van der Waals surface area contributed by atoms with Crippen LogP contribution in [-0.2, 0) is 107 Å². The Morgan fingerprint density at radius 1 is 0.641 bits per heavy atom. The third-order valence-corrected chi connectivity index (χ3v) is 26.6. The van der Waals surface area contributed by atoms with E-state index >= 15 is 28.8 Å². The molecule has 0 aliphatic carbocycles. The van der Waals surface area contributed by atoms with Gasteiger partial charge in [-0.25, -0.2) is 0 Å². The van der Waals surface area contributed by atoms with E-state index in [4.69, 9.17) is 20.9 Å². The smallest absolute Gasteiger partial charge is 0.303 e. The van der Waals surface area contributed by atoms with Crippen molar-refractivity contribution in [1.82, 2.24) is 79.0 Å². The van der Waals surface area contributed by atoms with Gasteiger partial charge in [0.05, 0.1) is 25.7 Å². The first-order valence-corrected chi connectivity index (χ1v) is 45.6. The minimum Gasteiger partial charge on any atom is -0.492 e. The van der Waals surface area contributed by atoms with Gasteiger partial charge in [0, 0.05) is 112 Å². The molecule has 3 heterocycles. The first kappa shape index (κ1) is 104. The second-order valence-corrected chi connectivity index (χ2v) is 37.3. The summed E-state index contributed by atoms with van der Waals surface area (Å²) in [5.41, 5.74) is 12.9. The van der Waals surface area contributed by atoms with E-state index in [-0.39, 0.29) is 115 Å². The summed E-state index contributed by atoms with van der Waals surface area (Å²) in [5.74, 6) is -14.9. The van der Waals surface area contributed by atoms with Gasteiger partial charge in [-0.1, -0.05) is 132 Å². The summed E-state index contributed by atoms with van der Waals surface area (Å²) in [7, 11) is 3.41. The third kappa shape index (κ3) is 30.8. The number of primary amides is 1. The highest BCUT2D eigenvalue weighted by Crippen LogP contribution is 2.47. The fourth-order valence-corrected chi connectivity index (χ4v) is 18.1. The van der Waals surface area contributed by atoms with Crippen LogP contribution in [-0.4, -0.2) is 267 Å². The van der Waals surface area contributed by atoms with Gasteiger partial charge in [-0.3, -0.25) is 76.7 Å². The van der Waals surface area contributed by atoms with Crippen LogP contribution in [0.5, 0.6) is 5.75 Å². The minimum atomic E-state index is -2.04. The molecule has 12 atom stereocenters. The maximum atomic E-state index is 16.3. The molecule has 40 heteroatoms. The number of Topliss-reactive ketones (excluding diaryl/α,β-unsaturated/α-hetero) is 1. The molecule has 14 amide bonds. The quantitative estimate of drug-likeness (QED) is 0.0180. The van der Waals surface area contributed by atoms with E-state index in [9.17, 15) is 63.3 Å². The SMILES string of the molecule is CCN[C@@H]1C(=O)N[C@@H](CC(N)=O)C(=O)N[C@@H]([C@@H](C)O)C(=O)N[C@@H](Cc2c[nH]c3c(C)cccc23)C(=O)N[C@@H](CCCCNC(C)=O)C(=O)N[C@H](C(=O)N[C@@H](Cc2ccc(OCCN)cc2)C(=O)N[C@@H](Cc2ccc3ccccc3c2)C(=O)NC2(C(=O)N[C@@H](CCC(=O)O)C(=O)N[C@@H](CO)C(=O)N[C@@H](Cc3ccccc3)C(=O)N(C)CC(C)=O)CCOCC2)C(C)(C)SSC1(C)C. The summed E-state index contributed by atoms with van der Waals surface area (Å²) in [6.07, 6.45) is -3.74. The Hall–Kier alpha value is -12.1. The molecule has 0 saturated carbocycles. The number of rotatable bonds is 40. The van der Waals surface area contributed by atoms with Crippen LogP contribution >= 0.6 is 21.6 Å². The molecule has 0 unspecified atom stereocenters. The molecule has 38 nitrogen and oxygen atoms in total. The fraction of sp³-hybridized carbons (Fsp3) is 0.495. The van der Waals surface area contributed by atoms with Gasteiger partial charge in [0.1, 0.15) is 90.1 Å². The fourth-order valence-electron chi connectivity index (χ4n) is 15.2. The van der Waals surface area contributed by atoms with Crippen molar-refractivity contribution < 1.29 is 102 Å². The minimum absolute atomic E-state index is 0.0930. The summed E-state index contributed by atoms with van der Waals surface area (Å²) in [6, 6.07) is 14.5. The van der Waals surface area contributed by atoms with Crippen molar-refractivity contribution in [3.8, 4) is 5.75 Å². The van der Waals surface area contributed by atoms with E-state index in [0.717, 1.165) is 37.4 Å². The van der Waals surface area contributed by atoms with E-state index in [1.54, 1.807) is 132 Å². The summed E-state index contributed by atoms with van der Waals surface area (Å²) in [6.45, 7) is 12.6. The lowest BCUT2D eigenvalue weighted by Gasteiger charge is -2.39. The van der Waals surface area contributed by atoms with Crippen LogP contribution < -0.4 is 85.3 Å². The zero-order valence-electron chi connectivity index (χ0n) is 75.2. The van der Waals surface area contributed by atoms with Gasteiger partial charge in [0.15, 0.2) is 0 Å². The number of aromatic amines is 1. The number of likely N-dealkylation sites (N-methyl/N-ethyl adjacent to an activating group) is 2. The Bertz CT molecular complexity index is 5050. The molecule has 2 aliphatic rings. The summed E-state index contributed by atoms with van der Waals surface area (Å²) in [5, 5.41) is 69.6. The largest absolute Gasteiger partial charge is 0.492 e. The molecule has 0 radical (unpaired) electrons. The van der Waals surface area contributed by atoms with Gasteiger partial charge in [0.2, 0.25) is 82.7 Å². The van der Waals surface area contributed by atoms with Crippen LogP contribution in [0.15, 0.2) is 121 Å². The molecular formula is C91H123N17O21S2. The molecule has 6 aromatic rings. The van der Waals surface area contributed by atoms with Crippen molar-refractivity contribution in [1.29, 1.82) is 0 Å². The van der Waals surface area contributed by atoms with E-state index in [1.165, 1.54) is 27.8 Å². The maximum absolute atomic E-state index is 16.3. The predicted octanol–water partition coefficient (Wildman–Crippen LogP) is 0.148. The molecule has 21 N–H and O–H groups in total. The Morgan fingerprint density at radius 3 is 1.88 bits per heavy atom. The normalized spacial score (nSPS) is 19.8. The summed E-state index contributed by atoms with van der Waals surface area (Å²) < 4.78 is 8.64. The first-order valence-electron chi connectivity index (χ1n) is 43.5. The molecular weight excluding hydrogens is 1730 g/mol. The molecule has 131 heavy (non-hydrogen) atoms. The number of amides is 14. The van der Waals surface area contributed by atoms with Crippen molar-refractivity contribution in [2.45, 2.75) is 227 Å². The number of hydrogen-bond donors (Lipinski definition) is 19. The second kappa shape index (κ2) is 49.2. The van der Waals surface area contributed by atoms with Crippen molar-refractivity contribution >= 4 is 138 Å². The van der Waals surface area contributed by atoms with Gasteiger partial charge in [-0.2, -0.15) is 0 Å². The van der Waals surface area contributed by atoms with Crippen molar-refractivity contribution in [2.75, 3.05) is 59.7 Å². The average molecular weight is 1860 g/mol. The number of carbonyl (C=O) groups excluding carboxylic acids is 15. The number of carboxylic acid groups (broad SMARTS) is 1. The Balaban J connectivity index is 1.21. The number of ether oxygens (including phenoxy) is 2. The number of aryl methyl sites for hydroxylation is 1. The standard InChI is InChI=1S/C91H123N17O21S2/c1-11-94-75-85(124)101-68(47-71(93)113)81(120)105-74(53(4)111)84(123)99-67(46-60-48-96-73-51(2)20-19-25-62(60)73)80(119)97-63(26-17-18-38-95-54(5)112)78(117)106-76(90(8,9)131-130-89(75,6)7)86(125)100-65(43-56-28-31-61(32-29-56)129-41-37-92)79(118)98-66(45-57-27-30-58-23-15-16-24-59(58)42-57)83(122)107-91(35-39-128-40-36-91)88(127)104-64(33-34-72(114)115)77(116)103-70(50-109)82(121)102-69(44-55-21-13-12-14-22-55)87(126)108(10)49-52(3)110/h12-16,19-25,27-32,42,48,53,63-70,74-76,94,96,109,111H,11,17-18,26,33-41,43-47,49-50,92H2,1-10H3,(H2,93,113)(H,95,112)(H,97,119)(H,98,118)(H,99,123)(H,100,125)(H,101,124)(H,102,121)(H,103,116)(H,104,127)(H,105,120)(H,106,117)(H,107,122)(H,114,115)/t53-,63+,64+,65+,66+,67+,68+,69+,70+,74+,75-,76-/m1/s1. The number of nitrogens with one attached hydrogen (secondary N) is 14. The zero-order chi connectivity index (χ0) is 96.0. The highest BCUT2D eigenvalue weighted by atomic mass is 33.1. The molecule has 5 aromatic carbocycles. The summed E-state index contributed by atoms with van der Waals surface area (Å²) in [4.78, 5) is 236. The summed E-state index contributed by atoms with van der Waals surface area (Å²) >= 11 is 0. The highest BCUT2D eigenvalue weighted by Gasteiger charge is 2.48. The number of nitrogens with zero attached hydrogens (tertiary/aromatic N) is 1. The van der Waals surface area contributed by atoms with E-state index in [0.29, 0.717) is 44.3 Å². The Labute approximate surface area is 767 Å². The monoisotopic (exact) mass is 1850 g/mol. The van der Waals surface area contributed by atoms with Crippen molar-refractivity contribution in [2.24, 2.45) is 11.5 Å². The van der Waals surface area contributed by atoms with E-state index < -0.39 is 196 Å². The van der Waals surface area contributed by atoms with Crippen LogP contribution in [0, 0.1) is 6.92 Å². The molecule has 0 spiro atoms. The van der Waals surface area contributed by atoms with Gasteiger partial charge in [0.25, 0.3) is 0 Å². The molecule has 2 aliphatic heterocycles. The second-order valence-electron chi connectivity index (χ2n) is 33.9. The van der Waals surface area contributed by atoms with Crippen molar-refractivity contribution in [3.05, 3.63) is 149 Å². The number of aliphatic hydroxyl groups is 2. The van der Waals surface area contributed by atoms with E-state index in [1.807, 2.05) is 31.2 Å². The number of aliphatic hydroxyl groups excluding tert-OH is 2. The zero-order valence-corrected chi connectivity index (χ0v) is 76.9. The van der Waals surface area contributed by atoms with Crippen LogP contribution in [0.3, 0.4) is 0 Å². The lowest BCUT2D eigenvalue weighted by molar-refractivity contribution is -0.142. The number of unbranched alkanes of at least 4 members (excludes halogenated alkanes) is 1. The lowest BCUT2D eigenvalue weighted by Crippen LogP contribution is -2.67. The molecule has 8 rings (SSSR count). The number of carbonyl (C=O) groups is 16. The lowest BCUT2D eigenvalue weighted by atomic mass is 9.87. The van der Waals surface area contributed by atoms with Crippen LogP contribution in [0.4, 0.5) is 0 Å². The first-order chi connectivity index (χ1) is 62.1. The van der Waals surface area contributed by atoms with Gasteiger partial charge in [-0.05, 0) is 131 Å². The predicted molar refractivity (Wildman–Crippen MR) is 491 cm³/mol. The van der Waals surface area contributed by atoms with Crippen LogP contribution in [0.1, 0.15) is 135 Å². The van der Waals surface area contributed by atoms with E-state index in [2.05, 4.69) is 74.1 Å². The van der Waals surface area contributed by atoms with Crippen LogP contribution in [0.2, 0.25) is 0 Å². The average Bonchev–Trinajstić information content (AvgIpc) is 1.49. The molecule has 710 valence electrons. The number of H-pyrrole nitrogens is 1. The number of carboxylic acids is 1. The Kier molecular flexibility index (Phi) is 39.2.